The molecule has 5 nitrogen and oxygen atoms in total. The molecule has 0 atom stereocenters. The fourth-order valence-corrected chi connectivity index (χ4v) is 2.09. The lowest BCUT2D eigenvalue weighted by Crippen LogP contribution is -2.11. The predicted molar refractivity (Wildman–Crippen MR) is 71.6 cm³/mol. The van der Waals surface area contributed by atoms with Crippen molar-refractivity contribution in [2.75, 3.05) is 6.61 Å². The van der Waals surface area contributed by atoms with E-state index in [2.05, 4.69) is 0 Å². The molecule has 3 N–H and O–H groups in total. The average Bonchev–Trinajstić information content (AvgIpc) is 2.84. The van der Waals surface area contributed by atoms with Crippen molar-refractivity contribution in [1.82, 2.24) is 0 Å². The second-order valence-corrected chi connectivity index (χ2v) is 5.42. The van der Waals surface area contributed by atoms with E-state index in [9.17, 15) is 8.42 Å². The van der Waals surface area contributed by atoms with Crippen LogP contribution in [0.3, 0.4) is 0 Å². The van der Waals surface area contributed by atoms with Gasteiger partial charge in [-0.1, -0.05) is 6.08 Å². The summed E-state index contributed by atoms with van der Waals surface area (Å²) in [4.78, 5) is 0.0585. The summed E-state index contributed by atoms with van der Waals surface area (Å²) in [6.07, 6.45) is 3.22. The van der Waals surface area contributed by atoms with Crippen molar-refractivity contribution in [2.24, 2.45) is 5.14 Å². The van der Waals surface area contributed by atoms with Crippen LogP contribution in [0.4, 0.5) is 0 Å². The van der Waals surface area contributed by atoms with E-state index in [-0.39, 0.29) is 11.5 Å². The highest BCUT2D eigenvalue weighted by Gasteiger charge is 2.08. The van der Waals surface area contributed by atoms with Gasteiger partial charge in [-0.05, 0) is 42.5 Å². The van der Waals surface area contributed by atoms with Gasteiger partial charge in [0.05, 0.1) is 11.5 Å². The van der Waals surface area contributed by atoms with Gasteiger partial charge in [-0.15, -0.1) is 0 Å². The van der Waals surface area contributed by atoms with Crippen LogP contribution < -0.4 is 5.14 Å². The number of aliphatic hydroxyl groups is 1. The summed E-state index contributed by atoms with van der Waals surface area (Å²) < 4.78 is 27.8. The van der Waals surface area contributed by atoms with E-state index in [1.165, 1.54) is 12.1 Å². The van der Waals surface area contributed by atoms with E-state index in [0.717, 1.165) is 5.56 Å². The minimum atomic E-state index is -3.68. The van der Waals surface area contributed by atoms with E-state index in [1.54, 1.807) is 36.4 Å². The van der Waals surface area contributed by atoms with Crippen LogP contribution in [0.2, 0.25) is 0 Å². The topological polar surface area (TPSA) is 93.5 Å². The molecule has 0 aliphatic heterocycles. The number of nitrogens with two attached hydrogens (primary N) is 1. The van der Waals surface area contributed by atoms with Crippen molar-refractivity contribution in [3.63, 3.8) is 0 Å². The highest BCUT2D eigenvalue weighted by atomic mass is 32.2. The molecule has 1 aromatic heterocycles. The Morgan fingerprint density at radius 1 is 1.16 bits per heavy atom. The molecule has 0 aliphatic carbocycles. The van der Waals surface area contributed by atoms with Crippen LogP contribution in [-0.4, -0.2) is 20.1 Å². The molecule has 0 spiro atoms. The normalized spacial score (nSPS) is 12.1. The largest absolute Gasteiger partial charge is 0.457 e. The van der Waals surface area contributed by atoms with E-state index in [0.29, 0.717) is 11.5 Å². The zero-order chi connectivity index (χ0) is 13.9. The average molecular weight is 279 g/mol. The number of aliphatic hydroxyl groups excluding tert-OH is 1. The summed E-state index contributed by atoms with van der Waals surface area (Å²) in [6, 6.07) is 9.63. The second-order valence-electron chi connectivity index (χ2n) is 3.86. The molecule has 1 heterocycles. The Morgan fingerprint density at radius 2 is 1.84 bits per heavy atom. The van der Waals surface area contributed by atoms with Crippen LogP contribution in [0.15, 0.2) is 51.8 Å². The lowest BCUT2D eigenvalue weighted by atomic mass is 10.2. The first-order valence-corrected chi connectivity index (χ1v) is 7.06. The summed E-state index contributed by atoms with van der Waals surface area (Å²) in [5.41, 5.74) is 0.746. The standard InChI is InChI=1S/C13H13NO4S/c14-19(16,17)12-6-3-10(4-7-12)13-8-5-11(18-13)2-1-9-15/h1-8,15H,9H2,(H2,14,16,17). The third-order valence-corrected chi connectivity index (χ3v) is 3.41. The zero-order valence-electron chi connectivity index (χ0n) is 9.98. The molecular formula is C13H13NO4S. The number of hydrogen-bond donors (Lipinski definition) is 2. The molecule has 0 radical (unpaired) electrons. The Morgan fingerprint density at radius 3 is 2.42 bits per heavy atom. The molecule has 0 aliphatic rings. The van der Waals surface area contributed by atoms with Gasteiger partial charge in [0.25, 0.3) is 0 Å². The zero-order valence-corrected chi connectivity index (χ0v) is 10.8. The fourth-order valence-electron chi connectivity index (χ4n) is 1.58. The highest BCUT2D eigenvalue weighted by Crippen LogP contribution is 2.23. The predicted octanol–water partition coefficient (Wildman–Crippen LogP) is 1.60. The first-order valence-electron chi connectivity index (χ1n) is 5.51. The molecule has 0 bridgehead atoms. The Bertz CT molecular complexity index is 684. The smallest absolute Gasteiger partial charge is 0.238 e. The molecule has 2 rings (SSSR count). The molecular weight excluding hydrogens is 266 g/mol. The van der Waals surface area contributed by atoms with Crippen LogP contribution in [0, 0.1) is 0 Å². The van der Waals surface area contributed by atoms with E-state index < -0.39 is 10.0 Å². The van der Waals surface area contributed by atoms with Gasteiger partial charge in [0.2, 0.25) is 10.0 Å². The summed E-state index contributed by atoms with van der Waals surface area (Å²) in [7, 11) is -3.68. The summed E-state index contributed by atoms with van der Waals surface area (Å²) in [6.45, 7) is -0.0565. The van der Waals surface area contributed by atoms with E-state index in [4.69, 9.17) is 14.7 Å². The van der Waals surface area contributed by atoms with Gasteiger partial charge in [-0.25, -0.2) is 13.6 Å². The number of rotatable bonds is 4. The van der Waals surface area contributed by atoms with Crippen molar-refractivity contribution >= 4 is 16.1 Å². The van der Waals surface area contributed by atoms with Gasteiger partial charge in [0.1, 0.15) is 11.5 Å². The van der Waals surface area contributed by atoms with Crippen LogP contribution in [0.1, 0.15) is 5.76 Å². The van der Waals surface area contributed by atoms with E-state index >= 15 is 0 Å². The Balaban J connectivity index is 2.28. The maximum atomic E-state index is 11.1. The molecule has 19 heavy (non-hydrogen) atoms. The molecule has 100 valence electrons. The molecule has 0 fully saturated rings. The molecule has 6 heteroatoms. The second kappa shape index (κ2) is 5.40. The summed E-state index contributed by atoms with van der Waals surface area (Å²) in [5, 5.41) is 13.7. The maximum absolute atomic E-state index is 11.1. The van der Waals surface area contributed by atoms with Crippen LogP contribution >= 0.6 is 0 Å². The van der Waals surface area contributed by atoms with Gasteiger partial charge in [0.15, 0.2) is 0 Å². The molecule has 0 saturated heterocycles. The lowest BCUT2D eigenvalue weighted by Gasteiger charge is -2.00. The monoisotopic (exact) mass is 279 g/mol. The molecule has 0 saturated carbocycles. The Kier molecular flexibility index (Phi) is 3.84. The minimum absolute atomic E-state index is 0.0565. The van der Waals surface area contributed by atoms with Gasteiger partial charge < -0.3 is 9.52 Å². The first-order chi connectivity index (χ1) is 9.00. The van der Waals surface area contributed by atoms with E-state index in [1.807, 2.05) is 0 Å². The summed E-state index contributed by atoms with van der Waals surface area (Å²) in [5.74, 6) is 1.22. The quantitative estimate of drug-likeness (QED) is 0.888. The van der Waals surface area contributed by atoms with Crippen molar-refractivity contribution in [3.05, 3.63) is 48.2 Å². The van der Waals surface area contributed by atoms with Gasteiger partial charge >= 0.3 is 0 Å². The van der Waals surface area contributed by atoms with Crippen LogP contribution in [-0.2, 0) is 10.0 Å². The van der Waals surface area contributed by atoms with Crippen LogP contribution in [0.25, 0.3) is 17.4 Å². The Labute approximate surface area is 111 Å². The highest BCUT2D eigenvalue weighted by molar-refractivity contribution is 7.89. The third-order valence-electron chi connectivity index (χ3n) is 2.48. The number of hydrogen-bond acceptors (Lipinski definition) is 4. The Hall–Kier alpha value is -1.89. The van der Waals surface area contributed by atoms with Crippen LogP contribution in [0.5, 0.6) is 0 Å². The molecule has 1 aromatic carbocycles. The van der Waals surface area contributed by atoms with Gasteiger partial charge in [0, 0.05) is 5.56 Å². The first kappa shape index (κ1) is 13.5. The molecule has 0 amide bonds. The number of benzene rings is 1. The number of furan rings is 1. The van der Waals surface area contributed by atoms with Crippen molar-refractivity contribution in [1.29, 1.82) is 0 Å². The van der Waals surface area contributed by atoms with Crippen molar-refractivity contribution < 1.29 is 17.9 Å². The number of primary sulfonamides is 1. The van der Waals surface area contributed by atoms with Gasteiger partial charge in [-0.2, -0.15) is 0 Å². The summed E-state index contributed by atoms with van der Waals surface area (Å²) >= 11 is 0. The fraction of sp³-hybridized carbons (Fsp3) is 0.0769. The molecule has 2 aromatic rings. The minimum Gasteiger partial charge on any atom is -0.457 e. The maximum Gasteiger partial charge on any atom is 0.238 e. The number of sulfonamides is 1. The molecule has 0 unspecified atom stereocenters. The lowest BCUT2D eigenvalue weighted by molar-refractivity contribution is 0.343. The third kappa shape index (κ3) is 3.31. The van der Waals surface area contributed by atoms with Gasteiger partial charge in [-0.3, -0.25) is 0 Å². The van der Waals surface area contributed by atoms with Crippen molar-refractivity contribution in [2.45, 2.75) is 4.90 Å². The van der Waals surface area contributed by atoms with Crippen molar-refractivity contribution in [3.8, 4) is 11.3 Å². The SMILES string of the molecule is NS(=O)(=O)c1ccc(-c2ccc(C=CCO)o2)cc1.